The van der Waals surface area contributed by atoms with Gasteiger partial charge in [0.2, 0.25) is 0 Å². The molecule has 0 saturated carbocycles. The van der Waals surface area contributed by atoms with Crippen LogP contribution in [-0.2, 0) is 19.2 Å². The van der Waals surface area contributed by atoms with Crippen molar-refractivity contribution < 1.29 is 73.6 Å². The minimum atomic E-state index is -0.250. The van der Waals surface area contributed by atoms with Crippen LogP contribution in [0.4, 0.5) is 0 Å². The summed E-state index contributed by atoms with van der Waals surface area (Å²) in [6.07, 6.45) is 10.0. The van der Waals surface area contributed by atoms with Gasteiger partial charge in [-0.3, -0.25) is 9.59 Å². The quantitative estimate of drug-likeness (QED) is 0.213. The highest BCUT2D eigenvalue weighted by molar-refractivity contribution is 5.47. The van der Waals surface area contributed by atoms with Gasteiger partial charge in [0.15, 0.2) is 0 Å². The zero-order valence-corrected chi connectivity index (χ0v) is 22.3. The Labute approximate surface area is 298 Å². The van der Waals surface area contributed by atoms with Gasteiger partial charge in [0.1, 0.15) is 0 Å². The molecule has 0 atom stereocenters. The molecule has 0 spiro atoms. The van der Waals surface area contributed by atoms with Crippen LogP contribution in [0.25, 0.3) is 0 Å². The Bertz CT molecular complexity index is 1890. The van der Waals surface area contributed by atoms with Crippen LogP contribution in [0.15, 0.2) is 0 Å². The molecule has 0 aliphatic rings. The highest BCUT2D eigenvalue weighted by Gasteiger charge is 1.58. The topological polar surface area (TPSA) is 109 Å². The lowest BCUT2D eigenvalue weighted by molar-refractivity contribution is -0.191. The van der Waals surface area contributed by atoms with Gasteiger partial charge < -0.3 is 10.2 Å². The first-order valence-electron chi connectivity index (χ1n) is 9.97. The Morgan fingerprint density at radius 1 is 0.395 bits per heavy atom. The zero-order chi connectivity index (χ0) is 33.3. The van der Waals surface area contributed by atoms with Crippen molar-refractivity contribution in [1.29, 1.82) is 0 Å². The molecule has 0 aromatic heterocycles. The van der Waals surface area contributed by atoms with Gasteiger partial charge in [-0.1, -0.05) is 11.8 Å². The van der Waals surface area contributed by atoms with Crippen molar-refractivity contribution in [3.63, 3.8) is 0 Å². The predicted octanol–water partition coefficient (Wildman–Crippen LogP) is 7.77. The smallest absolute Gasteiger partial charge is 0.373 e. The normalized spacial score (nSPS) is 3.72. The monoisotopic (exact) mass is 615 g/mol. The Balaban J connectivity index is -0.00000000722. The fraction of sp³-hybridized carbons (Fsp3) is 0.0541. The number of terminal acetylenes is 2. The number of carboxylic acid groups (broad SMARTS) is 2. The molecule has 0 heterocycles. The molecule has 0 aromatic rings. The molecule has 0 rings (SSSR count). The molecule has 0 unspecified atom stereocenters. The first-order chi connectivity index (χ1) is 21.1. The summed E-state index contributed by atoms with van der Waals surface area (Å²) in [7, 11) is 0. The van der Waals surface area contributed by atoms with Gasteiger partial charge in [-0.25, -0.2) is 0 Å². The number of carbonyl (C=O) groups excluding carboxylic acids is 2. The van der Waals surface area contributed by atoms with Crippen LogP contribution in [0.5, 0.6) is 0 Å². The molecule has 0 amide bonds. The van der Waals surface area contributed by atoms with Crippen LogP contribution in [0.2, 0.25) is 0 Å². The summed E-state index contributed by atoms with van der Waals surface area (Å²) in [6.45, 7) is 2.90. The van der Waals surface area contributed by atoms with E-state index < -0.39 is 0 Å². The number of carbonyl (C=O) groups is 2. The summed E-state index contributed by atoms with van der Waals surface area (Å²) in [5.74, 6) is 73.8. The summed E-state index contributed by atoms with van der Waals surface area (Å²) < 4.78 is 0. The van der Waals surface area contributed by atoms with Crippen LogP contribution >= 0.6 is 0 Å². The van der Waals surface area contributed by atoms with E-state index in [1.54, 1.807) is 13.8 Å². The maximum Gasteiger partial charge on any atom is 0.373 e. The van der Waals surface area contributed by atoms with E-state index in [4.69, 9.17) is 42.2 Å². The molecule has 43 heavy (non-hydrogen) atoms. The van der Waals surface area contributed by atoms with Gasteiger partial charge in [0.05, 0.1) is 0 Å². The lowest BCUT2D eigenvalue weighted by Gasteiger charge is -1.56. The molecule has 0 aliphatic heterocycles. The molecule has 2 N–H and O–H groups in total. The fourth-order valence-corrected chi connectivity index (χ4v) is 0.885. The number of hydrogen-bond donors (Lipinski definition) is 2. The van der Waals surface area contributed by atoms with Crippen LogP contribution in [0.3, 0.4) is 0 Å². The summed E-state index contributed by atoms with van der Waals surface area (Å²) in [5.41, 5.74) is 0. The molecule has 258 valence electrons. The van der Waals surface area contributed by atoms with E-state index in [-0.39, 0.29) is 63.3 Å². The first-order valence-corrected chi connectivity index (χ1v) is 9.97. The molecule has 0 saturated heterocycles. The minimum Gasteiger partial charge on any atom is -0.483 e. The largest absolute Gasteiger partial charge is 0.483 e. The summed E-state index contributed by atoms with van der Waals surface area (Å²) in [6, 6.07) is 0. The molecule has 0 fully saturated rings. The lowest BCUT2D eigenvalue weighted by Crippen LogP contribution is -1.55. The maximum absolute atomic E-state index is 8.36. The average Bonchev–Trinajstić information content (AvgIpc) is 2.99. The molecular formula is C37H74O6. The Morgan fingerprint density at radius 2 is 0.512 bits per heavy atom. The van der Waals surface area contributed by atoms with E-state index >= 15 is 0 Å². The second kappa shape index (κ2) is 58.8. The van der Waals surface area contributed by atoms with E-state index in [9.17, 15) is 0 Å². The molecular weight excluding hydrogens is 540 g/mol. The Morgan fingerprint density at radius 3 is 0.628 bits per heavy atom. The minimum absolute atomic E-state index is 0. The van der Waals surface area contributed by atoms with E-state index in [0.717, 1.165) is 0 Å². The second-order valence-electron chi connectivity index (χ2n) is 4.33. The molecule has 0 bridgehead atoms. The van der Waals surface area contributed by atoms with E-state index in [2.05, 4.69) is 178 Å². The van der Waals surface area contributed by atoms with Crippen LogP contribution in [0.1, 0.15) is 58.1 Å². The first kappa shape index (κ1) is 44.3. The van der Waals surface area contributed by atoms with Crippen molar-refractivity contribution in [2.24, 2.45) is 0 Å². The van der Waals surface area contributed by atoms with Gasteiger partial charge in [-0.05, 0) is 180 Å². The van der Waals surface area contributed by atoms with Gasteiger partial charge in [0, 0.05) is 44.2 Å². The zero-order valence-electron chi connectivity index (χ0n) is 22.3. The van der Waals surface area contributed by atoms with Gasteiger partial charge in [-0.15, -0.1) is 12.8 Å². The van der Waals surface area contributed by atoms with Crippen molar-refractivity contribution in [3.8, 4) is 190 Å². The summed E-state index contributed by atoms with van der Waals surface area (Å²) in [4.78, 5) is 33.0. The second-order valence-corrected chi connectivity index (χ2v) is 4.33. The summed E-state index contributed by atoms with van der Waals surface area (Å²) in [5, 5.41) is 13.8. The molecule has 6 heteroatoms. The van der Waals surface area contributed by atoms with Crippen molar-refractivity contribution in [1.82, 2.24) is 0 Å². The van der Waals surface area contributed by atoms with Crippen molar-refractivity contribution in [2.45, 2.75) is 13.8 Å². The predicted molar refractivity (Wildman–Crippen MR) is 226 cm³/mol. The highest BCUT2D eigenvalue weighted by Crippen LogP contribution is 1.59. The molecule has 0 radical (unpaired) electrons. The van der Waals surface area contributed by atoms with Gasteiger partial charge in [-0.2, -0.15) is 9.59 Å². The van der Waals surface area contributed by atoms with Gasteiger partial charge in [0.25, 0.3) is 12.9 Å². The average molecular weight is 615 g/mol. The van der Waals surface area contributed by atoms with E-state index in [0.29, 0.717) is 0 Å². The van der Waals surface area contributed by atoms with Gasteiger partial charge >= 0.3 is 6.15 Å². The van der Waals surface area contributed by atoms with Crippen molar-refractivity contribution in [3.05, 3.63) is 0 Å². The third-order valence-electron chi connectivity index (χ3n) is 1.89. The van der Waals surface area contributed by atoms with E-state index in [1.165, 1.54) is 0 Å². The van der Waals surface area contributed by atoms with Crippen LogP contribution < -0.4 is 0 Å². The lowest BCUT2D eigenvalue weighted by atomic mass is 10.5. The van der Waals surface area contributed by atoms with E-state index in [1.807, 2.05) is 0 Å². The SMILES string of the molecule is C#CC#CC#CC#CC#CC#CC#CC#CC.C#CC#CC#CC#CC#CC#CC#CC#CC.O=C=O.O=CO.O=CO.[HH].[HH].[HH].[HH].[HH].[HH].[HH].[HH].[HH].[HH].[HH].[HH].[HH].[HH].[HH].[HH].[HH].[HH].[HH].[HH].[HH].[HH].[HH].[HH].[HH].[HH].[HH].[HH].[HH].[HH].[HH]. The standard InChI is InChI=1S/2C17H4.2CH2O2.CO2.31H2/c2*1-3-5-7-9-11-13-15-17-16-14-12-10-8-6-4-2;3*2-1-3;;;;;;;;;;;;;;;;;;;;;;;;;;;;;;;/h2*1H,2H3;2*1H,(H,2,3);;31*1H. The third kappa shape index (κ3) is 87.6. The molecule has 0 aliphatic carbocycles. The third-order valence-corrected chi connectivity index (χ3v) is 1.89. The fourth-order valence-electron chi connectivity index (χ4n) is 0.885. The van der Waals surface area contributed by atoms with Crippen LogP contribution in [-0.4, -0.2) is 29.3 Å². The maximum atomic E-state index is 8.36. The highest BCUT2D eigenvalue weighted by atomic mass is 16.3. The molecule has 0 aromatic carbocycles. The Hall–Kier alpha value is -8.72. The Kier molecular flexibility index (Phi) is 60.6. The number of hydrogen-bond acceptors (Lipinski definition) is 4. The van der Waals surface area contributed by atoms with Crippen molar-refractivity contribution in [2.75, 3.05) is 0 Å². The molecule has 6 nitrogen and oxygen atoms in total. The number of rotatable bonds is 0. The van der Waals surface area contributed by atoms with Crippen molar-refractivity contribution >= 4 is 19.1 Å². The summed E-state index contributed by atoms with van der Waals surface area (Å²) >= 11 is 0. The van der Waals surface area contributed by atoms with Crippen LogP contribution in [0, 0.1) is 190 Å².